The molecule has 2 aromatic rings. The van der Waals surface area contributed by atoms with Crippen molar-refractivity contribution in [2.24, 2.45) is 5.92 Å². The maximum Gasteiger partial charge on any atom is 0.407 e. The number of carboxylic acids is 1. The SMILES string of the molecule is O=C(O)CC(NC(=O)OCC1c2ccccc2-c2ccccc21)C(=O)NCCC1CCSC1. The number of thioether (sulfide) groups is 1. The Morgan fingerprint density at radius 1 is 1.06 bits per heavy atom. The molecular weight excluding hydrogens is 440 g/mol. The fourth-order valence-electron chi connectivity index (χ4n) is 4.50. The molecule has 0 aromatic heterocycles. The number of benzene rings is 2. The molecule has 1 aliphatic carbocycles. The number of nitrogens with one attached hydrogen (secondary N) is 2. The molecule has 2 aliphatic rings. The average molecular weight is 469 g/mol. The molecule has 1 heterocycles. The topological polar surface area (TPSA) is 105 Å². The third-order valence-electron chi connectivity index (χ3n) is 6.21. The zero-order valence-corrected chi connectivity index (χ0v) is 19.1. The maximum atomic E-state index is 12.5. The summed E-state index contributed by atoms with van der Waals surface area (Å²) < 4.78 is 5.46. The van der Waals surface area contributed by atoms with Gasteiger partial charge in [0.25, 0.3) is 0 Å². The molecule has 7 nitrogen and oxygen atoms in total. The molecule has 1 saturated heterocycles. The Kier molecular flexibility index (Phi) is 7.54. The van der Waals surface area contributed by atoms with Gasteiger partial charge in [0.2, 0.25) is 5.91 Å². The van der Waals surface area contributed by atoms with Crippen LogP contribution in [-0.4, -0.2) is 53.8 Å². The van der Waals surface area contributed by atoms with Crippen LogP contribution in [0.15, 0.2) is 48.5 Å². The highest BCUT2D eigenvalue weighted by Gasteiger charge is 2.30. The standard InChI is InChI=1S/C25H28N2O5S/c28-23(29)13-22(24(30)26-11-9-16-10-12-33-15-16)27-25(31)32-14-21-19-7-3-1-5-17(19)18-6-2-4-8-20(18)21/h1-8,16,21-22H,9-15H2,(H,26,30)(H,27,31)(H,28,29). The zero-order chi connectivity index (χ0) is 23.2. The van der Waals surface area contributed by atoms with Crippen molar-refractivity contribution < 1.29 is 24.2 Å². The average Bonchev–Trinajstić information content (AvgIpc) is 3.43. The van der Waals surface area contributed by atoms with E-state index in [9.17, 15) is 19.5 Å². The molecule has 2 amide bonds. The van der Waals surface area contributed by atoms with Crippen LogP contribution in [0.25, 0.3) is 11.1 Å². The second kappa shape index (κ2) is 10.7. The Morgan fingerprint density at radius 2 is 1.73 bits per heavy atom. The first-order valence-corrected chi connectivity index (χ1v) is 12.4. The van der Waals surface area contributed by atoms with Gasteiger partial charge in [-0.3, -0.25) is 9.59 Å². The number of alkyl carbamates (subject to hydrolysis) is 1. The van der Waals surface area contributed by atoms with Gasteiger partial charge in [-0.15, -0.1) is 0 Å². The second-order valence-corrected chi connectivity index (χ2v) is 9.58. The van der Waals surface area contributed by atoms with Gasteiger partial charge in [0.1, 0.15) is 12.6 Å². The van der Waals surface area contributed by atoms with Crippen molar-refractivity contribution in [3.63, 3.8) is 0 Å². The molecule has 4 rings (SSSR count). The van der Waals surface area contributed by atoms with Crippen LogP contribution in [-0.2, 0) is 14.3 Å². The molecule has 1 aliphatic heterocycles. The predicted molar refractivity (Wildman–Crippen MR) is 127 cm³/mol. The summed E-state index contributed by atoms with van der Waals surface area (Å²) in [6.45, 7) is 0.563. The minimum Gasteiger partial charge on any atom is -0.481 e. The number of fused-ring (bicyclic) bond motifs is 3. The van der Waals surface area contributed by atoms with Crippen LogP contribution in [0.1, 0.15) is 36.3 Å². The van der Waals surface area contributed by atoms with E-state index in [0.717, 1.165) is 46.6 Å². The monoisotopic (exact) mass is 468 g/mol. The van der Waals surface area contributed by atoms with Crippen LogP contribution >= 0.6 is 11.8 Å². The Hall–Kier alpha value is -3.00. The van der Waals surface area contributed by atoms with E-state index in [1.165, 1.54) is 0 Å². The first kappa shape index (κ1) is 23.2. The summed E-state index contributed by atoms with van der Waals surface area (Å²) in [7, 11) is 0. The third kappa shape index (κ3) is 5.68. The van der Waals surface area contributed by atoms with Crippen LogP contribution in [0.3, 0.4) is 0 Å². The summed E-state index contributed by atoms with van der Waals surface area (Å²) in [6.07, 6.45) is 0.682. The fraction of sp³-hybridized carbons (Fsp3) is 0.400. The molecule has 0 spiro atoms. The summed E-state index contributed by atoms with van der Waals surface area (Å²) in [5.41, 5.74) is 4.39. The normalized spacial score (nSPS) is 17.6. The minimum absolute atomic E-state index is 0.0978. The molecule has 8 heteroatoms. The van der Waals surface area contributed by atoms with Crippen LogP contribution in [0, 0.1) is 5.92 Å². The van der Waals surface area contributed by atoms with E-state index in [4.69, 9.17) is 4.74 Å². The largest absolute Gasteiger partial charge is 0.481 e. The summed E-state index contributed by atoms with van der Waals surface area (Å²) in [5.74, 6) is 1.02. The summed E-state index contributed by atoms with van der Waals surface area (Å²) >= 11 is 1.91. The van der Waals surface area contributed by atoms with Gasteiger partial charge in [0.05, 0.1) is 6.42 Å². The van der Waals surface area contributed by atoms with Crippen molar-refractivity contribution >= 4 is 29.7 Å². The van der Waals surface area contributed by atoms with Crippen LogP contribution in [0.2, 0.25) is 0 Å². The lowest BCUT2D eigenvalue weighted by molar-refractivity contribution is -0.139. The highest BCUT2D eigenvalue weighted by molar-refractivity contribution is 7.99. The van der Waals surface area contributed by atoms with Crippen LogP contribution in [0.5, 0.6) is 0 Å². The van der Waals surface area contributed by atoms with Gasteiger partial charge in [-0.25, -0.2) is 4.79 Å². The van der Waals surface area contributed by atoms with E-state index in [2.05, 4.69) is 10.6 Å². The van der Waals surface area contributed by atoms with Crippen molar-refractivity contribution in [2.75, 3.05) is 24.7 Å². The number of amides is 2. The Morgan fingerprint density at radius 3 is 2.33 bits per heavy atom. The van der Waals surface area contributed by atoms with Gasteiger partial charge in [-0.05, 0) is 52.5 Å². The first-order chi connectivity index (χ1) is 16.0. The minimum atomic E-state index is -1.18. The number of carbonyl (C=O) groups excluding carboxylic acids is 2. The summed E-state index contributed by atoms with van der Waals surface area (Å²) in [6, 6.07) is 14.8. The molecule has 2 unspecified atom stereocenters. The van der Waals surface area contributed by atoms with Crippen LogP contribution < -0.4 is 10.6 Å². The highest BCUT2D eigenvalue weighted by Crippen LogP contribution is 2.44. The highest BCUT2D eigenvalue weighted by atomic mass is 32.2. The van der Waals surface area contributed by atoms with Crippen molar-refractivity contribution in [3.05, 3.63) is 59.7 Å². The number of carboxylic acid groups (broad SMARTS) is 1. The molecule has 2 aromatic carbocycles. The van der Waals surface area contributed by atoms with E-state index < -0.39 is 30.4 Å². The van der Waals surface area contributed by atoms with E-state index >= 15 is 0 Å². The second-order valence-electron chi connectivity index (χ2n) is 8.43. The molecule has 0 saturated carbocycles. The number of hydrogen-bond donors (Lipinski definition) is 3. The number of carbonyl (C=O) groups is 3. The van der Waals surface area contributed by atoms with Gasteiger partial charge < -0.3 is 20.5 Å². The molecule has 2 atom stereocenters. The van der Waals surface area contributed by atoms with Gasteiger partial charge in [0, 0.05) is 12.5 Å². The lowest BCUT2D eigenvalue weighted by atomic mass is 9.98. The van der Waals surface area contributed by atoms with E-state index in [1.807, 2.05) is 60.3 Å². The maximum absolute atomic E-state index is 12.5. The molecule has 1 fully saturated rings. The van der Waals surface area contributed by atoms with Gasteiger partial charge >= 0.3 is 12.1 Å². The summed E-state index contributed by atoms with van der Waals surface area (Å²) in [4.78, 5) is 36.3. The van der Waals surface area contributed by atoms with E-state index in [0.29, 0.717) is 12.5 Å². The first-order valence-electron chi connectivity index (χ1n) is 11.2. The molecule has 0 radical (unpaired) electrons. The Labute approximate surface area is 197 Å². The molecule has 174 valence electrons. The quantitative estimate of drug-likeness (QED) is 0.519. The van der Waals surface area contributed by atoms with Crippen molar-refractivity contribution in [1.29, 1.82) is 0 Å². The fourth-order valence-corrected chi connectivity index (χ4v) is 5.83. The molecular formula is C25H28N2O5S. The van der Waals surface area contributed by atoms with Gasteiger partial charge in [-0.1, -0.05) is 48.5 Å². The molecule has 3 N–H and O–H groups in total. The van der Waals surface area contributed by atoms with Crippen LogP contribution in [0.4, 0.5) is 4.79 Å². The van der Waals surface area contributed by atoms with Gasteiger partial charge in [0.15, 0.2) is 0 Å². The number of hydrogen-bond acceptors (Lipinski definition) is 5. The smallest absolute Gasteiger partial charge is 0.407 e. The van der Waals surface area contributed by atoms with Crippen molar-refractivity contribution in [1.82, 2.24) is 10.6 Å². The molecule has 0 bridgehead atoms. The summed E-state index contributed by atoms with van der Waals surface area (Å²) in [5, 5.41) is 14.4. The van der Waals surface area contributed by atoms with Gasteiger partial charge in [-0.2, -0.15) is 11.8 Å². The number of rotatable bonds is 9. The third-order valence-corrected chi connectivity index (χ3v) is 7.44. The number of aliphatic carboxylic acids is 1. The molecule has 33 heavy (non-hydrogen) atoms. The zero-order valence-electron chi connectivity index (χ0n) is 18.3. The van der Waals surface area contributed by atoms with E-state index in [-0.39, 0.29) is 12.5 Å². The van der Waals surface area contributed by atoms with Crippen molar-refractivity contribution in [2.45, 2.75) is 31.2 Å². The lowest BCUT2D eigenvalue weighted by Crippen LogP contribution is -2.48. The lowest BCUT2D eigenvalue weighted by Gasteiger charge is -2.19. The number of ether oxygens (including phenoxy) is 1. The Bertz CT molecular complexity index is 976. The van der Waals surface area contributed by atoms with Crippen molar-refractivity contribution in [3.8, 4) is 11.1 Å². The predicted octanol–water partition coefficient (Wildman–Crippen LogP) is 3.63. The Balaban J connectivity index is 1.34. The van der Waals surface area contributed by atoms with E-state index in [1.54, 1.807) is 0 Å².